The molecule has 3 rings (SSSR count). The van der Waals surface area contributed by atoms with Crippen molar-refractivity contribution in [2.24, 2.45) is 16.8 Å². The molecule has 1 saturated heterocycles. The molecule has 5 nitrogen and oxygen atoms in total. The summed E-state index contributed by atoms with van der Waals surface area (Å²) in [5.41, 5.74) is 2.80. The van der Waals surface area contributed by atoms with E-state index in [0.717, 1.165) is 24.1 Å². The van der Waals surface area contributed by atoms with E-state index in [4.69, 9.17) is 5.41 Å². The summed E-state index contributed by atoms with van der Waals surface area (Å²) in [6, 6.07) is 8.26. The summed E-state index contributed by atoms with van der Waals surface area (Å²) < 4.78 is 0. The first-order valence-corrected chi connectivity index (χ1v) is 10.5. The Morgan fingerprint density at radius 3 is 2.83 bits per heavy atom. The molecule has 0 saturated carbocycles. The fourth-order valence-electron chi connectivity index (χ4n) is 3.93. The summed E-state index contributed by atoms with van der Waals surface area (Å²) in [6.07, 6.45) is 8.08. The minimum atomic E-state index is -0.469. The number of carbonyl (C=O) groups is 1. The third-order valence-corrected chi connectivity index (χ3v) is 6.08. The fraction of sp³-hybridized carbons (Fsp3) is 0.458. The Kier molecular flexibility index (Phi) is 6.36. The number of hydrogen-bond acceptors (Lipinski definition) is 3. The van der Waals surface area contributed by atoms with Gasteiger partial charge in [-0.2, -0.15) is 0 Å². The van der Waals surface area contributed by atoms with Gasteiger partial charge in [-0.25, -0.2) is 4.99 Å². The first kappa shape index (κ1) is 21.0. The van der Waals surface area contributed by atoms with Gasteiger partial charge in [0.15, 0.2) is 0 Å². The quantitative estimate of drug-likeness (QED) is 0.509. The standard InChI is InChI=1S/C24H32N4O/c1-5-18-10-6-7-12-20(18)26-15-24(4)17(3)21(29)14-22(28-24)27-23(25)19-11-8-9-16(2)13-19/h6-12,16-17,26H,5,13-15H2,1-4H3,(H2,25,27,28). The van der Waals surface area contributed by atoms with Crippen LogP contribution in [-0.2, 0) is 11.2 Å². The first-order valence-electron chi connectivity index (χ1n) is 10.5. The number of ketones is 1. The van der Waals surface area contributed by atoms with Gasteiger partial charge in [0.25, 0.3) is 0 Å². The number of hydrogen-bond donors (Lipinski definition) is 3. The molecule has 0 radical (unpaired) electrons. The topological polar surface area (TPSA) is 77.3 Å². The van der Waals surface area contributed by atoms with Crippen molar-refractivity contribution >= 4 is 23.1 Å². The molecule has 0 bridgehead atoms. The second-order valence-electron chi connectivity index (χ2n) is 8.44. The fourth-order valence-corrected chi connectivity index (χ4v) is 3.93. The summed E-state index contributed by atoms with van der Waals surface area (Å²) >= 11 is 0. The Morgan fingerprint density at radius 1 is 1.34 bits per heavy atom. The van der Waals surface area contributed by atoms with Crippen LogP contribution < -0.4 is 10.6 Å². The van der Waals surface area contributed by atoms with Crippen molar-refractivity contribution < 1.29 is 4.79 Å². The monoisotopic (exact) mass is 392 g/mol. The first-order chi connectivity index (χ1) is 13.8. The molecule has 1 aromatic rings. The minimum Gasteiger partial charge on any atom is -0.382 e. The van der Waals surface area contributed by atoms with E-state index in [1.54, 1.807) is 0 Å². The van der Waals surface area contributed by atoms with E-state index in [1.807, 2.05) is 31.2 Å². The molecule has 1 aliphatic carbocycles. The molecular formula is C24H32N4O. The molecule has 1 aliphatic heterocycles. The number of aryl methyl sites for hydroxylation is 1. The molecule has 3 atom stereocenters. The van der Waals surface area contributed by atoms with Crippen molar-refractivity contribution in [2.75, 3.05) is 11.9 Å². The lowest BCUT2D eigenvalue weighted by Crippen LogP contribution is -2.61. The van der Waals surface area contributed by atoms with Crippen LogP contribution in [0.1, 0.15) is 46.1 Å². The van der Waals surface area contributed by atoms with Gasteiger partial charge >= 0.3 is 0 Å². The molecule has 0 spiro atoms. The molecule has 2 aliphatic rings. The van der Waals surface area contributed by atoms with Gasteiger partial charge in [-0.05, 0) is 42.9 Å². The number of rotatable bonds is 5. The van der Waals surface area contributed by atoms with E-state index in [2.05, 4.69) is 54.6 Å². The number of amidine groups is 2. The van der Waals surface area contributed by atoms with Crippen LogP contribution in [0.2, 0.25) is 0 Å². The van der Waals surface area contributed by atoms with Crippen LogP contribution in [0.15, 0.2) is 53.1 Å². The van der Waals surface area contributed by atoms with Crippen LogP contribution in [0.25, 0.3) is 0 Å². The van der Waals surface area contributed by atoms with Crippen LogP contribution in [-0.4, -0.2) is 29.5 Å². The SMILES string of the molecule is CCc1ccccc1NCC1(C)N/C(=N/C(=N)C2=CC=CC(C)C2)CC(=O)C1C. The third-order valence-electron chi connectivity index (χ3n) is 6.08. The normalized spacial score (nSPS) is 28.1. The maximum absolute atomic E-state index is 12.7. The van der Waals surface area contributed by atoms with Crippen LogP contribution in [0.3, 0.4) is 0 Å². The number of para-hydroxylation sites is 1. The highest BCUT2D eigenvalue weighted by Gasteiger charge is 2.41. The average molecular weight is 393 g/mol. The number of nitrogens with one attached hydrogen (secondary N) is 3. The summed E-state index contributed by atoms with van der Waals surface area (Å²) in [5.74, 6) is 1.26. The number of piperidine rings is 1. The molecule has 29 heavy (non-hydrogen) atoms. The molecule has 0 amide bonds. The minimum absolute atomic E-state index is 0.145. The molecule has 1 aromatic carbocycles. The zero-order valence-corrected chi connectivity index (χ0v) is 17.9. The number of benzene rings is 1. The van der Waals surface area contributed by atoms with Crippen LogP contribution in [0.4, 0.5) is 5.69 Å². The summed E-state index contributed by atoms with van der Waals surface area (Å²) in [6.45, 7) is 8.90. The molecule has 1 heterocycles. The number of anilines is 1. The zero-order chi connectivity index (χ0) is 21.0. The Balaban J connectivity index is 1.76. The average Bonchev–Trinajstić information content (AvgIpc) is 2.70. The maximum atomic E-state index is 12.7. The van der Waals surface area contributed by atoms with Gasteiger partial charge in [0, 0.05) is 18.2 Å². The Bertz CT molecular complexity index is 883. The molecule has 3 unspecified atom stereocenters. The third kappa shape index (κ3) is 4.84. The van der Waals surface area contributed by atoms with Crippen molar-refractivity contribution in [1.29, 1.82) is 5.41 Å². The highest BCUT2D eigenvalue weighted by molar-refractivity contribution is 6.11. The van der Waals surface area contributed by atoms with Gasteiger partial charge < -0.3 is 10.6 Å². The molecule has 154 valence electrons. The number of aliphatic imine (C=N–C) groups is 1. The smallest absolute Gasteiger partial charge is 0.149 e. The predicted molar refractivity (Wildman–Crippen MR) is 121 cm³/mol. The van der Waals surface area contributed by atoms with Crippen LogP contribution in [0.5, 0.6) is 0 Å². The van der Waals surface area contributed by atoms with Gasteiger partial charge in [-0.3, -0.25) is 10.2 Å². The highest BCUT2D eigenvalue weighted by atomic mass is 16.1. The highest BCUT2D eigenvalue weighted by Crippen LogP contribution is 2.27. The summed E-state index contributed by atoms with van der Waals surface area (Å²) in [7, 11) is 0. The summed E-state index contributed by atoms with van der Waals surface area (Å²) in [4.78, 5) is 17.2. The number of carbonyl (C=O) groups excluding carboxylic acids is 1. The second-order valence-corrected chi connectivity index (χ2v) is 8.44. The van der Waals surface area contributed by atoms with Gasteiger partial charge in [0.1, 0.15) is 17.5 Å². The Labute approximate surface area is 173 Å². The van der Waals surface area contributed by atoms with Gasteiger partial charge in [0.05, 0.1) is 12.0 Å². The van der Waals surface area contributed by atoms with Crippen molar-refractivity contribution in [3.05, 3.63) is 53.6 Å². The van der Waals surface area contributed by atoms with E-state index < -0.39 is 5.54 Å². The second kappa shape index (κ2) is 8.76. The van der Waals surface area contributed by atoms with Crippen molar-refractivity contribution in [1.82, 2.24) is 5.32 Å². The lowest BCUT2D eigenvalue weighted by atomic mass is 9.79. The lowest BCUT2D eigenvalue weighted by Gasteiger charge is -2.41. The van der Waals surface area contributed by atoms with E-state index in [9.17, 15) is 4.79 Å². The number of allylic oxidation sites excluding steroid dienone is 3. The molecular weight excluding hydrogens is 360 g/mol. The van der Waals surface area contributed by atoms with Gasteiger partial charge in [-0.1, -0.05) is 57.2 Å². The van der Waals surface area contributed by atoms with Crippen molar-refractivity contribution in [2.45, 2.75) is 52.5 Å². The molecule has 0 aromatic heterocycles. The number of Topliss-reactive ketones (excluding diaryl/α,β-unsaturated/α-hetero) is 1. The summed E-state index contributed by atoms with van der Waals surface area (Å²) in [5, 5.41) is 15.4. The van der Waals surface area contributed by atoms with Crippen molar-refractivity contribution in [3.63, 3.8) is 0 Å². The zero-order valence-electron chi connectivity index (χ0n) is 17.9. The van der Waals surface area contributed by atoms with E-state index in [-0.39, 0.29) is 24.0 Å². The Morgan fingerprint density at radius 2 is 2.10 bits per heavy atom. The Hall–Kier alpha value is -2.69. The maximum Gasteiger partial charge on any atom is 0.149 e. The van der Waals surface area contributed by atoms with Crippen LogP contribution >= 0.6 is 0 Å². The largest absolute Gasteiger partial charge is 0.382 e. The van der Waals surface area contributed by atoms with E-state index in [1.165, 1.54) is 5.56 Å². The van der Waals surface area contributed by atoms with Crippen LogP contribution in [0, 0.1) is 17.2 Å². The molecule has 1 fully saturated rings. The van der Waals surface area contributed by atoms with Gasteiger partial charge in [0.2, 0.25) is 0 Å². The molecule has 3 N–H and O–H groups in total. The van der Waals surface area contributed by atoms with E-state index in [0.29, 0.717) is 18.3 Å². The lowest BCUT2D eigenvalue weighted by molar-refractivity contribution is -0.124. The predicted octanol–water partition coefficient (Wildman–Crippen LogP) is 4.52. The van der Waals surface area contributed by atoms with Gasteiger partial charge in [-0.15, -0.1) is 0 Å². The van der Waals surface area contributed by atoms with E-state index >= 15 is 0 Å². The molecule has 5 heteroatoms. The van der Waals surface area contributed by atoms with Crippen molar-refractivity contribution in [3.8, 4) is 0 Å². The number of nitrogens with zero attached hydrogens (tertiary/aromatic N) is 1.